The Balaban J connectivity index is 1.75. The highest BCUT2D eigenvalue weighted by Gasteiger charge is 2.24. The Kier molecular flexibility index (Phi) is 4.85. The molecule has 1 aromatic rings. The second-order valence-corrected chi connectivity index (χ2v) is 5.72. The van der Waals surface area contributed by atoms with Gasteiger partial charge in [0.1, 0.15) is 13.2 Å². The molecule has 0 aliphatic carbocycles. The Morgan fingerprint density at radius 2 is 2.10 bits per heavy atom. The first-order valence-corrected chi connectivity index (χ1v) is 7.66. The van der Waals surface area contributed by atoms with Crippen LogP contribution in [0.1, 0.15) is 12.0 Å². The summed E-state index contributed by atoms with van der Waals surface area (Å²) >= 11 is 6.27. The molecule has 5 nitrogen and oxygen atoms in total. The highest BCUT2D eigenvalue weighted by Crippen LogP contribution is 2.38. The number of nitrogens with zero attached hydrogens (tertiary/aromatic N) is 1. The van der Waals surface area contributed by atoms with Crippen molar-refractivity contribution in [2.24, 2.45) is 0 Å². The maximum atomic E-state index is 9.16. The largest absolute Gasteiger partial charge is 0.486 e. The molecule has 1 fully saturated rings. The van der Waals surface area contributed by atoms with Crippen molar-refractivity contribution in [2.45, 2.75) is 19.0 Å². The van der Waals surface area contributed by atoms with Crippen molar-refractivity contribution >= 4 is 11.6 Å². The maximum absolute atomic E-state index is 9.16. The van der Waals surface area contributed by atoms with Crippen molar-refractivity contribution in [2.75, 3.05) is 39.6 Å². The number of aliphatic hydroxyl groups is 1. The van der Waals surface area contributed by atoms with Crippen LogP contribution in [-0.2, 0) is 11.3 Å². The molecule has 6 heteroatoms. The molecule has 2 heterocycles. The molecule has 3 rings (SSSR count). The van der Waals surface area contributed by atoms with Crippen LogP contribution in [0, 0.1) is 0 Å². The van der Waals surface area contributed by atoms with Crippen molar-refractivity contribution in [1.82, 2.24) is 4.90 Å². The van der Waals surface area contributed by atoms with E-state index in [-0.39, 0.29) is 12.6 Å². The Bertz CT molecular complexity index is 495. The Hall–Kier alpha value is -1.01. The monoisotopic (exact) mass is 313 g/mol. The summed E-state index contributed by atoms with van der Waals surface area (Å²) in [6.07, 6.45) is 0.721. The molecule has 1 unspecified atom stereocenters. The number of hydrogen-bond acceptors (Lipinski definition) is 5. The first-order valence-electron chi connectivity index (χ1n) is 7.28. The van der Waals surface area contributed by atoms with Gasteiger partial charge in [-0.3, -0.25) is 4.90 Å². The van der Waals surface area contributed by atoms with Gasteiger partial charge in [0.15, 0.2) is 11.5 Å². The summed E-state index contributed by atoms with van der Waals surface area (Å²) in [6, 6.07) is 4.17. The molecule has 0 aromatic heterocycles. The van der Waals surface area contributed by atoms with Crippen LogP contribution in [0.2, 0.25) is 5.02 Å². The van der Waals surface area contributed by atoms with Gasteiger partial charge in [-0.05, 0) is 24.1 Å². The molecule has 2 aliphatic heterocycles. The van der Waals surface area contributed by atoms with Gasteiger partial charge in [0.25, 0.3) is 0 Å². The van der Waals surface area contributed by atoms with E-state index in [2.05, 4.69) is 4.90 Å². The fourth-order valence-electron chi connectivity index (χ4n) is 2.80. The van der Waals surface area contributed by atoms with Crippen LogP contribution < -0.4 is 9.47 Å². The number of benzene rings is 1. The number of ether oxygens (including phenoxy) is 3. The third-order valence-corrected chi connectivity index (χ3v) is 4.13. The van der Waals surface area contributed by atoms with Crippen molar-refractivity contribution in [3.8, 4) is 11.5 Å². The fraction of sp³-hybridized carbons (Fsp3) is 0.600. The van der Waals surface area contributed by atoms with Gasteiger partial charge in [0, 0.05) is 25.7 Å². The van der Waals surface area contributed by atoms with Gasteiger partial charge in [-0.15, -0.1) is 0 Å². The quantitative estimate of drug-likeness (QED) is 0.917. The van der Waals surface area contributed by atoms with E-state index in [4.69, 9.17) is 30.9 Å². The van der Waals surface area contributed by atoms with E-state index >= 15 is 0 Å². The Labute approximate surface area is 129 Å². The van der Waals surface area contributed by atoms with Crippen LogP contribution in [-0.4, -0.2) is 55.6 Å². The third-order valence-electron chi connectivity index (χ3n) is 3.85. The van der Waals surface area contributed by atoms with E-state index in [1.807, 2.05) is 12.1 Å². The topological polar surface area (TPSA) is 51.2 Å². The van der Waals surface area contributed by atoms with E-state index in [1.54, 1.807) is 0 Å². The van der Waals surface area contributed by atoms with E-state index in [9.17, 15) is 0 Å². The van der Waals surface area contributed by atoms with Gasteiger partial charge in [-0.25, -0.2) is 0 Å². The summed E-state index contributed by atoms with van der Waals surface area (Å²) in [5.74, 6) is 1.36. The standard InChI is InChI=1S/C15H20ClNO4/c16-13-7-11(8-14-15(13)21-6-5-20-14)9-17-2-4-19-10-12(17)1-3-18/h7-8,12,18H,1-6,9-10H2. The number of halogens is 1. The zero-order valence-electron chi connectivity index (χ0n) is 11.9. The number of hydrogen-bond donors (Lipinski definition) is 1. The summed E-state index contributed by atoms with van der Waals surface area (Å²) in [5, 5.41) is 9.76. The highest BCUT2D eigenvalue weighted by atomic mass is 35.5. The minimum Gasteiger partial charge on any atom is -0.486 e. The summed E-state index contributed by atoms with van der Waals surface area (Å²) in [6.45, 7) is 4.28. The number of morpholine rings is 1. The minimum atomic E-state index is 0.173. The maximum Gasteiger partial charge on any atom is 0.179 e. The summed E-state index contributed by atoms with van der Waals surface area (Å²) in [7, 11) is 0. The van der Waals surface area contributed by atoms with Crippen LogP contribution >= 0.6 is 11.6 Å². The summed E-state index contributed by atoms with van der Waals surface area (Å²) in [5.41, 5.74) is 1.09. The molecule has 1 aromatic carbocycles. The van der Waals surface area contributed by atoms with E-state index in [1.165, 1.54) is 0 Å². The van der Waals surface area contributed by atoms with Gasteiger partial charge in [0.05, 0.1) is 18.2 Å². The Morgan fingerprint density at radius 3 is 2.95 bits per heavy atom. The zero-order chi connectivity index (χ0) is 14.7. The summed E-state index contributed by atoms with van der Waals surface area (Å²) < 4.78 is 16.6. The number of rotatable bonds is 4. The molecule has 0 radical (unpaired) electrons. The predicted octanol–water partition coefficient (Wildman–Crippen LogP) is 1.69. The number of fused-ring (bicyclic) bond motifs is 1. The van der Waals surface area contributed by atoms with Crippen molar-refractivity contribution in [3.63, 3.8) is 0 Å². The third kappa shape index (κ3) is 3.43. The minimum absolute atomic E-state index is 0.173. The van der Waals surface area contributed by atoms with Gasteiger partial charge in [-0.1, -0.05) is 11.6 Å². The zero-order valence-corrected chi connectivity index (χ0v) is 12.6. The van der Waals surface area contributed by atoms with E-state index in [0.29, 0.717) is 30.6 Å². The average molecular weight is 314 g/mol. The lowest BCUT2D eigenvalue weighted by atomic mass is 10.1. The lowest BCUT2D eigenvalue weighted by Gasteiger charge is -2.35. The van der Waals surface area contributed by atoms with Crippen LogP contribution in [0.5, 0.6) is 11.5 Å². The molecule has 0 saturated carbocycles. The molecule has 21 heavy (non-hydrogen) atoms. The first kappa shape index (κ1) is 14.9. The molecule has 1 atom stereocenters. The lowest BCUT2D eigenvalue weighted by molar-refractivity contribution is -0.0196. The second-order valence-electron chi connectivity index (χ2n) is 5.31. The van der Waals surface area contributed by atoms with Gasteiger partial charge in [-0.2, -0.15) is 0 Å². The van der Waals surface area contributed by atoms with Crippen molar-refractivity contribution in [3.05, 3.63) is 22.7 Å². The summed E-state index contributed by atoms with van der Waals surface area (Å²) in [4.78, 5) is 2.32. The molecule has 1 N–H and O–H groups in total. The molecular formula is C15H20ClNO4. The highest BCUT2D eigenvalue weighted by molar-refractivity contribution is 6.32. The normalized spacial score (nSPS) is 22.3. The first-order chi connectivity index (χ1) is 10.3. The molecular weight excluding hydrogens is 294 g/mol. The average Bonchev–Trinajstić information content (AvgIpc) is 2.50. The molecule has 0 spiro atoms. The number of aliphatic hydroxyl groups excluding tert-OH is 1. The smallest absolute Gasteiger partial charge is 0.179 e. The lowest BCUT2D eigenvalue weighted by Crippen LogP contribution is -2.45. The van der Waals surface area contributed by atoms with Crippen LogP contribution in [0.15, 0.2) is 12.1 Å². The van der Waals surface area contributed by atoms with Gasteiger partial charge >= 0.3 is 0 Å². The fourth-order valence-corrected chi connectivity index (χ4v) is 3.09. The van der Waals surface area contributed by atoms with Crippen LogP contribution in [0.25, 0.3) is 0 Å². The Morgan fingerprint density at radius 1 is 1.24 bits per heavy atom. The van der Waals surface area contributed by atoms with Crippen molar-refractivity contribution < 1.29 is 19.3 Å². The second kappa shape index (κ2) is 6.83. The molecule has 0 bridgehead atoms. The molecule has 116 valence electrons. The SMILES string of the molecule is OCCC1COCCN1Cc1cc(Cl)c2c(c1)OCCO2. The molecule has 1 saturated heterocycles. The van der Waals surface area contributed by atoms with Crippen LogP contribution in [0.3, 0.4) is 0 Å². The predicted molar refractivity (Wildman–Crippen MR) is 79.2 cm³/mol. The van der Waals surface area contributed by atoms with Crippen molar-refractivity contribution in [1.29, 1.82) is 0 Å². The van der Waals surface area contributed by atoms with E-state index < -0.39 is 0 Å². The van der Waals surface area contributed by atoms with Crippen LogP contribution in [0.4, 0.5) is 0 Å². The molecule has 0 amide bonds. The van der Waals surface area contributed by atoms with E-state index in [0.717, 1.165) is 37.4 Å². The van der Waals surface area contributed by atoms with Gasteiger partial charge in [0.2, 0.25) is 0 Å². The van der Waals surface area contributed by atoms with Gasteiger partial charge < -0.3 is 19.3 Å². The molecule has 2 aliphatic rings.